The Morgan fingerprint density at radius 1 is 1.31 bits per heavy atom. The lowest BCUT2D eigenvalue weighted by Gasteiger charge is -2.20. The summed E-state index contributed by atoms with van der Waals surface area (Å²) in [5, 5.41) is 19.6. The second-order valence-corrected chi connectivity index (χ2v) is 10.2. The molecular weight excluding hydrogens is 520 g/mol. The Balaban J connectivity index is 1.27. The third kappa shape index (κ3) is 6.36. The molecule has 10 nitrogen and oxygen atoms in total. The van der Waals surface area contributed by atoms with Gasteiger partial charge in [0.05, 0.1) is 48.8 Å². The Morgan fingerprint density at radius 3 is 3.00 bits per heavy atom. The molecule has 0 spiro atoms. The van der Waals surface area contributed by atoms with Gasteiger partial charge in [0.15, 0.2) is 0 Å². The topological polar surface area (TPSA) is 129 Å². The zero-order valence-corrected chi connectivity index (χ0v) is 22.4. The molecule has 2 atom stereocenters. The van der Waals surface area contributed by atoms with Crippen molar-refractivity contribution in [2.45, 2.75) is 25.6 Å². The lowest BCUT2D eigenvalue weighted by atomic mass is 10.0. The number of carbonyl (C=O) groups excluding carboxylic acids is 2. The van der Waals surface area contributed by atoms with Crippen LogP contribution in [0.2, 0.25) is 5.02 Å². The second-order valence-electron chi connectivity index (χ2n) is 9.76. The highest BCUT2D eigenvalue weighted by Gasteiger charge is 2.30. The predicted molar refractivity (Wildman–Crippen MR) is 147 cm³/mol. The first kappa shape index (κ1) is 27.0. The number of nitrogens with zero attached hydrogens (tertiary/aromatic N) is 3. The Morgan fingerprint density at radius 2 is 2.18 bits per heavy atom. The van der Waals surface area contributed by atoms with E-state index in [4.69, 9.17) is 16.3 Å². The molecule has 11 heteroatoms. The zero-order chi connectivity index (χ0) is 27.4. The third-order valence-corrected chi connectivity index (χ3v) is 7.05. The van der Waals surface area contributed by atoms with E-state index in [0.29, 0.717) is 47.6 Å². The number of halogens is 1. The summed E-state index contributed by atoms with van der Waals surface area (Å²) in [5.74, 6) is -0.171. The van der Waals surface area contributed by atoms with Gasteiger partial charge in [0.1, 0.15) is 6.54 Å². The normalized spacial score (nSPS) is 17.9. The van der Waals surface area contributed by atoms with Crippen molar-refractivity contribution in [3.8, 4) is 11.3 Å². The fourth-order valence-electron chi connectivity index (χ4n) is 4.79. The van der Waals surface area contributed by atoms with Gasteiger partial charge in [0.2, 0.25) is 11.9 Å². The summed E-state index contributed by atoms with van der Waals surface area (Å²) < 4.78 is 5.58. The van der Waals surface area contributed by atoms with E-state index in [1.807, 2.05) is 43.3 Å². The van der Waals surface area contributed by atoms with E-state index in [2.05, 4.69) is 25.9 Å². The van der Waals surface area contributed by atoms with Gasteiger partial charge >= 0.3 is 0 Å². The Kier molecular flexibility index (Phi) is 8.37. The quantitative estimate of drug-likeness (QED) is 0.336. The van der Waals surface area contributed by atoms with Crippen LogP contribution in [0.1, 0.15) is 33.1 Å². The molecule has 3 aromatic rings. The van der Waals surface area contributed by atoms with Crippen molar-refractivity contribution in [1.82, 2.24) is 25.5 Å². The van der Waals surface area contributed by atoms with Gasteiger partial charge in [-0.15, -0.1) is 0 Å². The second kappa shape index (κ2) is 12.1. The molecule has 1 saturated heterocycles. The summed E-state index contributed by atoms with van der Waals surface area (Å²) in [5.41, 5.74) is 4.35. The third-order valence-electron chi connectivity index (χ3n) is 6.77. The molecule has 204 valence electrons. The van der Waals surface area contributed by atoms with Crippen molar-refractivity contribution in [3.05, 3.63) is 75.9 Å². The Labute approximate surface area is 231 Å². The van der Waals surface area contributed by atoms with Crippen LogP contribution in [0, 0.1) is 6.92 Å². The molecule has 1 aromatic heterocycles. The minimum atomic E-state index is -0.549. The molecule has 0 saturated carbocycles. The van der Waals surface area contributed by atoms with E-state index in [1.165, 1.54) is 11.1 Å². The van der Waals surface area contributed by atoms with Gasteiger partial charge in [-0.25, -0.2) is 9.97 Å². The van der Waals surface area contributed by atoms with Crippen LogP contribution >= 0.6 is 11.6 Å². The van der Waals surface area contributed by atoms with Crippen molar-refractivity contribution in [2.24, 2.45) is 0 Å². The number of nitrogens with one attached hydrogen (secondary N) is 3. The summed E-state index contributed by atoms with van der Waals surface area (Å²) in [6, 6.07) is 12.5. The molecular formula is C28H31ClN6O4. The number of hydrogen-bond donors (Lipinski definition) is 4. The van der Waals surface area contributed by atoms with E-state index in [-0.39, 0.29) is 31.0 Å². The Hall–Kier alpha value is -3.57. The van der Waals surface area contributed by atoms with Crippen molar-refractivity contribution < 1.29 is 19.4 Å². The van der Waals surface area contributed by atoms with Gasteiger partial charge in [-0.2, -0.15) is 0 Å². The van der Waals surface area contributed by atoms with E-state index >= 15 is 0 Å². The maximum Gasteiger partial charge on any atom is 0.254 e. The standard InChI is InChI=1S/C28H31ClN6O4/c1-17-3-2-4-18(9-17)24(15-36)33-25(37)14-35-13-20-6-5-19(10-22(20)27(35)38)26-23(29)12-31-28(34-26)32-21-11-30-7-8-39-16-21/h2-6,9-10,12,21,24,30,36H,7-8,11,13-16H2,1H3,(H,33,37)(H,31,32,34). The largest absolute Gasteiger partial charge is 0.394 e. The first-order valence-corrected chi connectivity index (χ1v) is 13.3. The molecule has 0 bridgehead atoms. The number of amides is 2. The van der Waals surface area contributed by atoms with Crippen molar-refractivity contribution in [3.63, 3.8) is 0 Å². The highest BCUT2D eigenvalue weighted by atomic mass is 35.5. The number of rotatable bonds is 8. The van der Waals surface area contributed by atoms with E-state index in [0.717, 1.165) is 29.8 Å². The molecule has 1 fully saturated rings. The first-order chi connectivity index (χ1) is 18.9. The number of benzene rings is 2. The monoisotopic (exact) mass is 550 g/mol. The lowest BCUT2D eigenvalue weighted by Crippen LogP contribution is -2.40. The number of anilines is 1. The van der Waals surface area contributed by atoms with Crippen molar-refractivity contribution >= 4 is 29.4 Å². The zero-order valence-electron chi connectivity index (χ0n) is 21.6. The first-order valence-electron chi connectivity index (χ1n) is 12.9. The summed E-state index contributed by atoms with van der Waals surface area (Å²) in [7, 11) is 0. The summed E-state index contributed by atoms with van der Waals surface area (Å²) in [4.78, 5) is 36.4. The number of carbonyl (C=O) groups is 2. The minimum absolute atomic E-state index is 0.0131. The van der Waals surface area contributed by atoms with Crippen LogP contribution < -0.4 is 16.0 Å². The molecule has 3 heterocycles. The fraction of sp³-hybridized carbons (Fsp3) is 0.357. The molecule has 2 unspecified atom stereocenters. The maximum absolute atomic E-state index is 13.2. The molecule has 2 amide bonds. The lowest BCUT2D eigenvalue weighted by molar-refractivity contribution is -0.122. The highest BCUT2D eigenvalue weighted by molar-refractivity contribution is 6.33. The molecule has 39 heavy (non-hydrogen) atoms. The van der Waals surface area contributed by atoms with Crippen LogP contribution in [0.25, 0.3) is 11.3 Å². The van der Waals surface area contributed by atoms with Gasteiger partial charge in [0.25, 0.3) is 5.91 Å². The molecule has 2 aromatic carbocycles. The number of aliphatic hydroxyl groups excluding tert-OH is 1. The van der Waals surface area contributed by atoms with Gasteiger partial charge in [-0.3, -0.25) is 9.59 Å². The highest BCUT2D eigenvalue weighted by Crippen LogP contribution is 2.31. The van der Waals surface area contributed by atoms with Crippen molar-refractivity contribution in [2.75, 3.05) is 44.8 Å². The van der Waals surface area contributed by atoms with Crippen LogP contribution in [-0.2, 0) is 16.1 Å². The molecule has 2 aliphatic rings. The molecule has 0 aliphatic carbocycles. The van der Waals surface area contributed by atoms with E-state index in [9.17, 15) is 14.7 Å². The number of aliphatic hydroxyl groups is 1. The van der Waals surface area contributed by atoms with Crippen LogP contribution in [0.4, 0.5) is 5.95 Å². The van der Waals surface area contributed by atoms with Gasteiger partial charge in [-0.05, 0) is 24.1 Å². The smallest absolute Gasteiger partial charge is 0.254 e. The summed E-state index contributed by atoms with van der Waals surface area (Å²) in [6.45, 7) is 4.61. The SMILES string of the molecule is Cc1cccc(C(CO)NC(=O)CN2Cc3ccc(-c4nc(NC5CNCCOC5)ncc4Cl)cc3C2=O)c1. The average molecular weight is 551 g/mol. The van der Waals surface area contributed by atoms with Gasteiger partial charge in [0, 0.05) is 30.8 Å². The van der Waals surface area contributed by atoms with Gasteiger partial charge in [-0.1, -0.05) is 53.6 Å². The predicted octanol–water partition coefficient (Wildman–Crippen LogP) is 2.31. The van der Waals surface area contributed by atoms with Crippen LogP contribution in [0.15, 0.2) is 48.7 Å². The fourth-order valence-corrected chi connectivity index (χ4v) is 4.99. The molecule has 4 N–H and O–H groups in total. The number of hydrogen-bond acceptors (Lipinski definition) is 8. The number of ether oxygens (including phenoxy) is 1. The molecule has 0 radical (unpaired) electrons. The molecule has 2 aliphatic heterocycles. The van der Waals surface area contributed by atoms with Crippen LogP contribution in [-0.4, -0.2) is 77.3 Å². The number of aromatic nitrogens is 2. The average Bonchev–Trinajstić information content (AvgIpc) is 3.07. The Bertz CT molecular complexity index is 1360. The summed E-state index contributed by atoms with van der Waals surface area (Å²) in [6.07, 6.45) is 1.54. The van der Waals surface area contributed by atoms with Crippen LogP contribution in [0.3, 0.4) is 0 Å². The van der Waals surface area contributed by atoms with Crippen molar-refractivity contribution in [1.29, 1.82) is 0 Å². The number of aryl methyl sites for hydroxylation is 1. The van der Waals surface area contributed by atoms with Gasteiger partial charge < -0.3 is 30.7 Å². The van der Waals surface area contributed by atoms with E-state index in [1.54, 1.807) is 6.07 Å². The van der Waals surface area contributed by atoms with E-state index < -0.39 is 6.04 Å². The molecule has 5 rings (SSSR count). The van der Waals surface area contributed by atoms with Crippen LogP contribution in [0.5, 0.6) is 0 Å². The summed E-state index contributed by atoms with van der Waals surface area (Å²) >= 11 is 6.45. The number of fused-ring (bicyclic) bond motifs is 1. The minimum Gasteiger partial charge on any atom is -0.394 e. The maximum atomic E-state index is 13.2.